The first kappa shape index (κ1) is 18.2. The molecule has 142 valence electrons. The first-order chi connectivity index (χ1) is 13.0. The minimum absolute atomic E-state index is 0.0598. The van der Waals surface area contributed by atoms with Gasteiger partial charge in [0.2, 0.25) is 0 Å². The van der Waals surface area contributed by atoms with Crippen molar-refractivity contribution >= 4 is 11.6 Å². The number of rotatable bonds is 3. The van der Waals surface area contributed by atoms with Crippen LogP contribution in [0.5, 0.6) is 0 Å². The first-order valence-electron chi connectivity index (χ1n) is 9.83. The lowest BCUT2D eigenvalue weighted by Gasteiger charge is -2.47. The van der Waals surface area contributed by atoms with Gasteiger partial charge in [-0.15, -0.1) is 0 Å². The lowest BCUT2D eigenvalue weighted by molar-refractivity contribution is -0.144. The second kappa shape index (κ2) is 7.45. The molecule has 2 aromatic carbocycles. The maximum atomic E-state index is 12.4. The number of hydrogen-bond acceptors (Lipinski definition) is 3. The maximum absolute atomic E-state index is 12.4. The van der Waals surface area contributed by atoms with Gasteiger partial charge in [-0.1, -0.05) is 42.0 Å². The smallest absolute Gasteiger partial charge is 0.253 e. The number of piperidine rings is 1. The van der Waals surface area contributed by atoms with Crippen LogP contribution in [0.2, 0.25) is 0 Å². The van der Waals surface area contributed by atoms with Crippen LogP contribution >= 0.6 is 0 Å². The molecule has 2 fully saturated rings. The van der Waals surface area contributed by atoms with E-state index in [1.165, 1.54) is 16.7 Å². The van der Waals surface area contributed by atoms with Gasteiger partial charge in [-0.3, -0.25) is 9.69 Å². The van der Waals surface area contributed by atoms with Crippen molar-refractivity contribution in [3.8, 4) is 0 Å². The Labute approximate surface area is 161 Å². The number of amides is 1. The van der Waals surface area contributed by atoms with E-state index >= 15 is 0 Å². The van der Waals surface area contributed by atoms with Crippen molar-refractivity contribution < 1.29 is 9.53 Å². The molecule has 4 rings (SSSR count). The summed E-state index contributed by atoms with van der Waals surface area (Å²) in [5.41, 5.74) is 4.85. The summed E-state index contributed by atoms with van der Waals surface area (Å²) in [6.07, 6.45) is 1.93. The molecular formula is C23H28N2O2. The SMILES string of the molecule is Cc1ccc(CN2CCC3(CC2)CN(c2ccccc2)C(=O)CO3)c(C)c1. The van der Waals surface area contributed by atoms with Crippen LogP contribution in [0, 0.1) is 13.8 Å². The van der Waals surface area contributed by atoms with E-state index in [1.54, 1.807) is 0 Å². The Morgan fingerprint density at radius 2 is 1.78 bits per heavy atom. The molecule has 2 aliphatic heterocycles. The Morgan fingerprint density at radius 1 is 1.04 bits per heavy atom. The van der Waals surface area contributed by atoms with Crippen LogP contribution in [0.25, 0.3) is 0 Å². The second-order valence-electron chi connectivity index (χ2n) is 7.99. The molecule has 27 heavy (non-hydrogen) atoms. The van der Waals surface area contributed by atoms with Gasteiger partial charge < -0.3 is 9.64 Å². The van der Waals surface area contributed by atoms with E-state index in [0.29, 0.717) is 6.54 Å². The van der Waals surface area contributed by atoms with Crippen molar-refractivity contribution in [2.45, 2.75) is 38.8 Å². The molecule has 1 amide bonds. The van der Waals surface area contributed by atoms with Crippen molar-refractivity contribution in [3.63, 3.8) is 0 Å². The zero-order valence-corrected chi connectivity index (χ0v) is 16.3. The molecule has 4 nitrogen and oxygen atoms in total. The number of ether oxygens (including phenoxy) is 1. The van der Waals surface area contributed by atoms with Crippen molar-refractivity contribution in [1.82, 2.24) is 4.90 Å². The summed E-state index contributed by atoms with van der Waals surface area (Å²) < 4.78 is 6.09. The third-order valence-corrected chi connectivity index (χ3v) is 5.98. The van der Waals surface area contributed by atoms with Crippen molar-refractivity contribution in [1.29, 1.82) is 0 Å². The minimum Gasteiger partial charge on any atom is -0.363 e. The summed E-state index contributed by atoms with van der Waals surface area (Å²) in [6, 6.07) is 16.7. The monoisotopic (exact) mass is 364 g/mol. The number of para-hydroxylation sites is 1. The average Bonchev–Trinajstić information content (AvgIpc) is 2.69. The second-order valence-corrected chi connectivity index (χ2v) is 7.99. The van der Waals surface area contributed by atoms with Gasteiger partial charge in [-0.25, -0.2) is 0 Å². The fraction of sp³-hybridized carbons (Fsp3) is 0.435. The number of nitrogens with zero attached hydrogens (tertiary/aromatic N) is 2. The van der Waals surface area contributed by atoms with E-state index in [9.17, 15) is 4.79 Å². The molecular weight excluding hydrogens is 336 g/mol. The van der Waals surface area contributed by atoms with Crippen LogP contribution < -0.4 is 4.90 Å². The van der Waals surface area contributed by atoms with Gasteiger partial charge in [-0.05, 0) is 49.9 Å². The highest BCUT2D eigenvalue weighted by Gasteiger charge is 2.42. The number of hydrogen-bond donors (Lipinski definition) is 0. The normalized spacial score (nSPS) is 20.2. The number of anilines is 1. The van der Waals surface area contributed by atoms with E-state index in [2.05, 4.69) is 36.9 Å². The highest BCUT2D eigenvalue weighted by molar-refractivity contribution is 5.95. The predicted molar refractivity (Wildman–Crippen MR) is 108 cm³/mol. The summed E-state index contributed by atoms with van der Waals surface area (Å²) >= 11 is 0. The molecule has 0 radical (unpaired) electrons. The summed E-state index contributed by atoms with van der Waals surface area (Å²) in [5, 5.41) is 0. The Kier molecular flexibility index (Phi) is 5.02. The molecule has 1 spiro atoms. The quantitative estimate of drug-likeness (QED) is 0.832. The van der Waals surface area contributed by atoms with E-state index < -0.39 is 0 Å². The lowest BCUT2D eigenvalue weighted by atomic mass is 9.88. The van der Waals surface area contributed by atoms with E-state index in [1.807, 2.05) is 35.2 Å². The van der Waals surface area contributed by atoms with Crippen LogP contribution in [-0.2, 0) is 16.1 Å². The summed E-state index contributed by atoms with van der Waals surface area (Å²) in [7, 11) is 0. The fourth-order valence-corrected chi connectivity index (χ4v) is 4.24. The molecule has 4 heteroatoms. The lowest BCUT2D eigenvalue weighted by Crippen LogP contribution is -2.58. The Balaban J connectivity index is 1.41. The van der Waals surface area contributed by atoms with Crippen molar-refractivity contribution in [2.75, 3.05) is 31.1 Å². The number of morpholine rings is 1. The summed E-state index contributed by atoms with van der Waals surface area (Å²) in [6.45, 7) is 8.18. The van der Waals surface area contributed by atoms with Crippen molar-refractivity contribution in [2.24, 2.45) is 0 Å². The molecule has 0 saturated carbocycles. The third kappa shape index (κ3) is 3.92. The number of carbonyl (C=O) groups excluding carboxylic acids is 1. The number of carbonyl (C=O) groups is 1. The molecule has 2 heterocycles. The van der Waals surface area contributed by atoms with E-state index in [-0.39, 0.29) is 18.1 Å². The number of benzene rings is 2. The zero-order chi connectivity index (χ0) is 18.9. The van der Waals surface area contributed by atoms with E-state index in [0.717, 1.165) is 38.2 Å². The summed E-state index contributed by atoms with van der Waals surface area (Å²) in [4.78, 5) is 16.8. The largest absolute Gasteiger partial charge is 0.363 e. The minimum atomic E-state index is -0.206. The Morgan fingerprint density at radius 3 is 2.48 bits per heavy atom. The van der Waals surface area contributed by atoms with E-state index in [4.69, 9.17) is 4.74 Å². The van der Waals surface area contributed by atoms with Crippen LogP contribution in [0.15, 0.2) is 48.5 Å². The van der Waals surface area contributed by atoms with Crippen LogP contribution in [0.1, 0.15) is 29.5 Å². The predicted octanol–water partition coefficient (Wildman–Crippen LogP) is 3.70. The number of likely N-dealkylation sites (tertiary alicyclic amines) is 1. The van der Waals surface area contributed by atoms with Crippen LogP contribution in [0.4, 0.5) is 5.69 Å². The van der Waals surface area contributed by atoms with Gasteiger partial charge in [-0.2, -0.15) is 0 Å². The molecule has 2 aromatic rings. The highest BCUT2D eigenvalue weighted by Crippen LogP contribution is 2.33. The van der Waals surface area contributed by atoms with Gasteiger partial charge in [0.05, 0.1) is 12.1 Å². The molecule has 2 saturated heterocycles. The molecule has 0 atom stereocenters. The Hall–Kier alpha value is -2.17. The van der Waals surface area contributed by atoms with Gasteiger partial charge in [0.25, 0.3) is 5.91 Å². The standard InChI is InChI=1S/C23H28N2O2/c1-18-8-9-20(19(2)14-18)15-24-12-10-23(11-13-24)17-25(22(26)16-27-23)21-6-4-3-5-7-21/h3-9,14H,10-13,15-17H2,1-2H3. The third-order valence-electron chi connectivity index (χ3n) is 5.98. The zero-order valence-electron chi connectivity index (χ0n) is 16.3. The average molecular weight is 364 g/mol. The maximum Gasteiger partial charge on any atom is 0.253 e. The van der Waals surface area contributed by atoms with Crippen LogP contribution in [0.3, 0.4) is 0 Å². The molecule has 0 aromatic heterocycles. The number of aryl methyl sites for hydroxylation is 2. The topological polar surface area (TPSA) is 32.8 Å². The van der Waals surface area contributed by atoms with Gasteiger partial charge >= 0.3 is 0 Å². The van der Waals surface area contributed by atoms with Gasteiger partial charge in [0.1, 0.15) is 6.61 Å². The summed E-state index contributed by atoms with van der Waals surface area (Å²) in [5.74, 6) is 0.0598. The highest BCUT2D eigenvalue weighted by atomic mass is 16.5. The fourth-order valence-electron chi connectivity index (χ4n) is 4.24. The van der Waals surface area contributed by atoms with Crippen LogP contribution in [-0.4, -0.2) is 42.6 Å². The molecule has 0 aliphatic carbocycles. The Bertz CT molecular complexity index is 810. The first-order valence-corrected chi connectivity index (χ1v) is 9.83. The molecule has 0 bridgehead atoms. The molecule has 0 N–H and O–H groups in total. The van der Waals surface area contributed by atoms with Crippen molar-refractivity contribution in [3.05, 3.63) is 65.2 Å². The van der Waals surface area contributed by atoms with Gasteiger partial charge in [0, 0.05) is 25.3 Å². The molecule has 2 aliphatic rings. The molecule has 0 unspecified atom stereocenters. The van der Waals surface area contributed by atoms with Gasteiger partial charge in [0.15, 0.2) is 0 Å².